The number of hydrogen-bond acceptors (Lipinski definition) is 4. The first-order valence-electron chi connectivity index (χ1n) is 4.87. The topological polar surface area (TPSA) is 44.8 Å². The summed E-state index contributed by atoms with van der Waals surface area (Å²) in [4.78, 5) is 21.0. The molecule has 1 atom stereocenters. The summed E-state index contributed by atoms with van der Waals surface area (Å²) in [7, 11) is 0. The molecule has 0 N–H and O–H groups in total. The normalized spacial score (nSPS) is 20.1. The summed E-state index contributed by atoms with van der Waals surface area (Å²) >= 11 is 0. The Morgan fingerprint density at radius 2 is 2.20 bits per heavy atom. The number of esters is 1. The van der Waals surface area contributed by atoms with Crippen molar-refractivity contribution >= 4 is 5.97 Å². The fourth-order valence-corrected chi connectivity index (χ4v) is 1.31. The van der Waals surface area contributed by atoms with E-state index in [1.54, 1.807) is 24.3 Å². The van der Waals surface area contributed by atoms with Crippen molar-refractivity contribution in [2.45, 2.75) is 12.5 Å². The van der Waals surface area contributed by atoms with Gasteiger partial charge in [0.25, 0.3) is 0 Å². The van der Waals surface area contributed by atoms with Gasteiger partial charge in [-0.3, -0.25) is 0 Å². The summed E-state index contributed by atoms with van der Waals surface area (Å²) in [5.41, 5.74) is 0.552. The van der Waals surface area contributed by atoms with Gasteiger partial charge in [-0.1, -0.05) is 18.2 Å². The van der Waals surface area contributed by atoms with Gasteiger partial charge in [0.05, 0.1) is 12.2 Å². The van der Waals surface area contributed by atoms with Crippen LogP contribution in [0.15, 0.2) is 30.3 Å². The van der Waals surface area contributed by atoms with E-state index in [9.17, 15) is 4.79 Å². The van der Waals surface area contributed by atoms with Gasteiger partial charge >= 0.3 is 5.97 Å². The summed E-state index contributed by atoms with van der Waals surface area (Å²) in [6.45, 7) is 0.807. The van der Waals surface area contributed by atoms with Crippen molar-refractivity contribution in [2.24, 2.45) is 0 Å². The second-order valence-electron chi connectivity index (χ2n) is 3.29. The summed E-state index contributed by atoms with van der Waals surface area (Å²) in [5.74, 6) is -0.328. The van der Waals surface area contributed by atoms with Crippen molar-refractivity contribution in [3.63, 3.8) is 0 Å². The lowest BCUT2D eigenvalue weighted by Gasteiger charge is -2.07. The molecule has 0 spiro atoms. The van der Waals surface area contributed by atoms with Crippen molar-refractivity contribution in [3.8, 4) is 0 Å². The molecule has 4 heteroatoms. The number of benzene rings is 1. The van der Waals surface area contributed by atoms with Crippen LogP contribution in [-0.2, 0) is 14.5 Å². The van der Waals surface area contributed by atoms with E-state index in [4.69, 9.17) is 14.5 Å². The molecule has 1 saturated heterocycles. The van der Waals surface area contributed by atoms with Crippen LogP contribution in [0.3, 0.4) is 0 Å². The fourth-order valence-electron chi connectivity index (χ4n) is 1.31. The molecule has 1 aliphatic rings. The maximum atomic E-state index is 11.5. The molecule has 1 unspecified atom stereocenters. The van der Waals surface area contributed by atoms with Crippen LogP contribution in [-0.4, -0.2) is 25.3 Å². The highest BCUT2D eigenvalue weighted by Crippen LogP contribution is 2.10. The van der Waals surface area contributed by atoms with Crippen LogP contribution < -0.4 is 0 Å². The lowest BCUT2D eigenvalue weighted by Crippen LogP contribution is -2.17. The van der Waals surface area contributed by atoms with Gasteiger partial charge in [0.1, 0.15) is 12.7 Å². The molecular weight excluding hydrogens is 196 g/mol. The number of carbonyl (C=O) groups excluding carboxylic acids is 1. The summed E-state index contributed by atoms with van der Waals surface area (Å²) in [6, 6.07) is 8.88. The zero-order chi connectivity index (χ0) is 10.5. The van der Waals surface area contributed by atoms with Crippen molar-refractivity contribution in [2.75, 3.05) is 13.2 Å². The second kappa shape index (κ2) is 4.91. The maximum absolute atomic E-state index is 11.5. The van der Waals surface area contributed by atoms with Gasteiger partial charge < -0.3 is 4.74 Å². The quantitative estimate of drug-likeness (QED) is 0.558. The molecule has 4 nitrogen and oxygen atoms in total. The largest absolute Gasteiger partial charge is 0.459 e. The van der Waals surface area contributed by atoms with Crippen molar-refractivity contribution in [1.82, 2.24) is 0 Å². The van der Waals surface area contributed by atoms with Gasteiger partial charge in [0, 0.05) is 6.42 Å². The van der Waals surface area contributed by atoms with E-state index in [0.717, 1.165) is 6.42 Å². The third-order valence-electron chi connectivity index (χ3n) is 2.14. The Kier molecular flexibility index (Phi) is 3.32. The lowest BCUT2D eigenvalue weighted by atomic mass is 10.2. The molecule has 0 bridgehead atoms. The number of rotatable bonds is 3. The number of carbonyl (C=O) groups is 1. The van der Waals surface area contributed by atoms with Crippen LogP contribution in [0, 0.1) is 0 Å². The van der Waals surface area contributed by atoms with E-state index < -0.39 is 0 Å². The van der Waals surface area contributed by atoms with Gasteiger partial charge in [-0.15, -0.1) is 0 Å². The maximum Gasteiger partial charge on any atom is 0.338 e. The summed E-state index contributed by atoms with van der Waals surface area (Å²) in [6.07, 6.45) is 0.639. The molecule has 1 aromatic rings. The number of ether oxygens (including phenoxy) is 1. The van der Waals surface area contributed by atoms with E-state index >= 15 is 0 Å². The van der Waals surface area contributed by atoms with Crippen LogP contribution in [0.5, 0.6) is 0 Å². The first kappa shape index (κ1) is 10.1. The zero-order valence-electron chi connectivity index (χ0n) is 8.22. The Bertz CT molecular complexity index is 317. The molecule has 0 amide bonds. The molecule has 0 aliphatic carbocycles. The Balaban J connectivity index is 1.82. The Morgan fingerprint density at radius 3 is 2.87 bits per heavy atom. The predicted molar refractivity (Wildman–Crippen MR) is 52.2 cm³/mol. The van der Waals surface area contributed by atoms with Gasteiger partial charge in [-0.05, 0) is 12.1 Å². The average Bonchev–Trinajstić information content (AvgIpc) is 2.80. The molecule has 1 heterocycles. The minimum atomic E-state index is -0.328. The molecule has 0 saturated carbocycles. The lowest BCUT2D eigenvalue weighted by molar-refractivity contribution is -0.278. The predicted octanol–water partition coefficient (Wildman–Crippen LogP) is 1.56. The number of hydrogen-bond donors (Lipinski definition) is 0. The second-order valence-corrected chi connectivity index (χ2v) is 3.29. The third-order valence-corrected chi connectivity index (χ3v) is 2.14. The van der Waals surface area contributed by atoms with Gasteiger partial charge in [-0.25, -0.2) is 14.6 Å². The van der Waals surface area contributed by atoms with Crippen molar-refractivity contribution in [3.05, 3.63) is 35.9 Å². The van der Waals surface area contributed by atoms with Gasteiger partial charge in [-0.2, -0.15) is 0 Å². The third kappa shape index (κ3) is 2.78. The van der Waals surface area contributed by atoms with E-state index in [1.807, 2.05) is 6.07 Å². The Hall–Kier alpha value is -1.39. The Morgan fingerprint density at radius 1 is 1.40 bits per heavy atom. The van der Waals surface area contributed by atoms with Crippen LogP contribution in [0.25, 0.3) is 0 Å². The van der Waals surface area contributed by atoms with Crippen molar-refractivity contribution < 1.29 is 19.3 Å². The molecule has 1 fully saturated rings. The molecule has 80 valence electrons. The van der Waals surface area contributed by atoms with E-state index in [0.29, 0.717) is 12.2 Å². The van der Waals surface area contributed by atoms with E-state index in [2.05, 4.69) is 0 Å². The van der Waals surface area contributed by atoms with E-state index in [-0.39, 0.29) is 18.7 Å². The summed E-state index contributed by atoms with van der Waals surface area (Å²) < 4.78 is 5.07. The average molecular weight is 208 g/mol. The first-order chi connectivity index (χ1) is 7.36. The minimum absolute atomic E-state index is 0.127. The minimum Gasteiger partial charge on any atom is -0.459 e. The van der Waals surface area contributed by atoms with Crippen LogP contribution in [0.4, 0.5) is 0 Å². The molecule has 1 aromatic carbocycles. The monoisotopic (exact) mass is 208 g/mol. The molecule has 2 rings (SSSR count). The highest BCUT2D eigenvalue weighted by Gasteiger charge is 2.19. The molecule has 0 aromatic heterocycles. The molecule has 15 heavy (non-hydrogen) atoms. The first-order valence-corrected chi connectivity index (χ1v) is 4.87. The Labute approximate surface area is 87.7 Å². The van der Waals surface area contributed by atoms with Crippen molar-refractivity contribution in [1.29, 1.82) is 0 Å². The van der Waals surface area contributed by atoms with Gasteiger partial charge in [0.15, 0.2) is 0 Å². The molecule has 0 radical (unpaired) electrons. The highest BCUT2D eigenvalue weighted by molar-refractivity contribution is 5.89. The van der Waals surface area contributed by atoms with Gasteiger partial charge in [0.2, 0.25) is 0 Å². The standard InChI is InChI=1S/C11H12O4/c12-11(9-4-2-1-3-5-9)13-8-10-6-7-14-15-10/h1-5,10H,6-8H2. The smallest absolute Gasteiger partial charge is 0.338 e. The van der Waals surface area contributed by atoms with Crippen LogP contribution in [0.1, 0.15) is 16.8 Å². The van der Waals surface area contributed by atoms with Crippen LogP contribution in [0.2, 0.25) is 0 Å². The zero-order valence-corrected chi connectivity index (χ0v) is 8.22. The molecular formula is C11H12O4. The van der Waals surface area contributed by atoms with E-state index in [1.165, 1.54) is 0 Å². The summed E-state index contributed by atoms with van der Waals surface area (Å²) in [5, 5.41) is 0. The molecule has 1 aliphatic heterocycles. The van der Waals surface area contributed by atoms with Crippen LogP contribution >= 0.6 is 0 Å². The fraction of sp³-hybridized carbons (Fsp3) is 0.364. The highest BCUT2D eigenvalue weighted by atomic mass is 17.2. The SMILES string of the molecule is O=C(OCC1CCOO1)c1ccccc1.